The highest BCUT2D eigenvalue weighted by Crippen LogP contribution is 2.38. The third kappa shape index (κ3) is 3.77. The minimum absolute atomic E-state index is 0.103. The Morgan fingerprint density at radius 1 is 1.38 bits per heavy atom. The smallest absolute Gasteiger partial charge is 0.244 e. The van der Waals surface area contributed by atoms with E-state index in [-0.39, 0.29) is 11.9 Å². The lowest BCUT2D eigenvalue weighted by Crippen LogP contribution is -2.41. The lowest BCUT2D eigenvalue weighted by molar-refractivity contribution is -0.135. The molecule has 1 amide bonds. The van der Waals surface area contributed by atoms with Gasteiger partial charge in [-0.15, -0.1) is 0 Å². The maximum absolute atomic E-state index is 13.2. The van der Waals surface area contributed by atoms with Crippen molar-refractivity contribution < 1.29 is 9.32 Å². The number of carbonyl (C=O) groups is 1. The van der Waals surface area contributed by atoms with Crippen molar-refractivity contribution in [2.24, 2.45) is 0 Å². The molecule has 138 valence electrons. The molecule has 3 heterocycles. The molecule has 7 heteroatoms. The third-order valence-electron chi connectivity index (χ3n) is 5.20. The van der Waals surface area contributed by atoms with Gasteiger partial charge in [-0.05, 0) is 50.4 Å². The molecule has 0 radical (unpaired) electrons. The van der Waals surface area contributed by atoms with Gasteiger partial charge in [0.2, 0.25) is 11.8 Å². The van der Waals surface area contributed by atoms with Gasteiger partial charge in [0, 0.05) is 38.3 Å². The Kier molecular flexibility index (Phi) is 4.97. The molecule has 26 heavy (non-hydrogen) atoms. The molecule has 1 saturated carbocycles. The first-order chi connectivity index (χ1) is 12.7. The number of likely N-dealkylation sites (N-methyl/N-ethyl adjacent to an activating group) is 1. The van der Waals surface area contributed by atoms with Gasteiger partial charge in [-0.1, -0.05) is 11.2 Å². The standard InChI is InChI=1S/C19H25N5O2/c1-23(12-8-16-21-18(26-22-16)14-6-7-14)19(25)17(24-10-2-3-11-24)15-5-4-9-20-13-15/h4-5,9,13-14,17H,2-3,6-8,10-12H2,1H3/t17-/m1/s1. The molecule has 1 aliphatic heterocycles. The highest BCUT2D eigenvalue weighted by atomic mass is 16.5. The summed E-state index contributed by atoms with van der Waals surface area (Å²) in [6.45, 7) is 2.48. The second kappa shape index (κ2) is 7.53. The van der Waals surface area contributed by atoms with Crippen molar-refractivity contribution in [1.29, 1.82) is 0 Å². The van der Waals surface area contributed by atoms with Crippen LogP contribution in [0.3, 0.4) is 0 Å². The average molecular weight is 355 g/mol. The fourth-order valence-electron chi connectivity index (χ4n) is 3.50. The van der Waals surface area contributed by atoms with E-state index >= 15 is 0 Å². The highest BCUT2D eigenvalue weighted by molar-refractivity contribution is 5.83. The van der Waals surface area contributed by atoms with Crippen molar-refractivity contribution in [3.63, 3.8) is 0 Å². The van der Waals surface area contributed by atoms with Crippen LogP contribution in [0.2, 0.25) is 0 Å². The third-order valence-corrected chi connectivity index (χ3v) is 5.20. The number of likely N-dealkylation sites (tertiary alicyclic amines) is 1. The van der Waals surface area contributed by atoms with E-state index in [1.54, 1.807) is 17.3 Å². The van der Waals surface area contributed by atoms with Gasteiger partial charge in [0.1, 0.15) is 6.04 Å². The molecule has 0 unspecified atom stereocenters. The Balaban J connectivity index is 1.42. The molecule has 0 aromatic carbocycles. The van der Waals surface area contributed by atoms with E-state index in [0.29, 0.717) is 24.7 Å². The predicted molar refractivity (Wildman–Crippen MR) is 95.4 cm³/mol. The minimum atomic E-state index is -0.261. The number of hydrogen-bond acceptors (Lipinski definition) is 6. The monoisotopic (exact) mass is 355 g/mol. The fourth-order valence-corrected chi connectivity index (χ4v) is 3.50. The van der Waals surface area contributed by atoms with E-state index in [1.165, 1.54) is 0 Å². The zero-order chi connectivity index (χ0) is 17.9. The summed E-state index contributed by atoms with van der Waals surface area (Å²) in [5.41, 5.74) is 0.960. The fraction of sp³-hybridized carbons (Fsp3) is 0.579. The largest absolute Gasteiger partial charge is 0.344 e. The van der Waals surface area contributed by atoms with Gasteiger partial charge >= 0.3 is 0 Å². The molecule has 0 bridgehead atoms. The quantitative estimate of drug-likeness (QED) is 0.758. The first-order valence-electron chi connectivity index (χ1n) is 9.44. The van der Waals surface area contributed by atoms with Crippen molar-refractivity contribution in [2.75, 3.05) is 26.7 Å². The number of amides is 1. The van der Waals surface area contributed by atoms with Gasteiger partial charge in [0.25, 0.3) is 0 Å². The molecule has 2 aliphatic rings. The number of rotatable bonds is 7. The Hall–Kier alpha value is -2.28. The molecular weight excluding hydrogens is 330 g/mol. The van der Waals surface area contributed by atoms with Crippen molar-refractivity contribution in [3.05, 3.63) is 41.8 Å². The second-order valence-electron chi connectivity index (χ2n) is 7.26. The van der Waals surface area contributed by atoms with Crippen LogP contribution in [-0.4, -0.2) is 57.5 Å². The van der Waals surface area contributed by atoms with Crippen LogP contribution in [0.25, 0.3) is 0 Å². The maximum Gasteiger partial charge on any atom is 0.244 e. The molecule has 1 saturated heterocycles. The summed E-state index contributed by atoms with van der Waals surface area (Å²) in [6.07, 6.45) is 8.72. The molecule has 1 atom stereocenters. The van der Waals surface area contributed by atoms with Gasteiger partial charge in [-0.25, -0.2) is 0 Å². The van der Waals surface area contributed by atoms with E-state index in [9.17, 15) is 4.79 Å². The maximum atomic E-state index is 13.2. The van der Waals surface area contributed by atoms with Gasteiger partial charge in [0.05, 0.1) is 0 Å². The number of hydrogen-bond donors (Lipinski definition) is 0. The van der Waals surface area contributed by atoms with E-state index in [4.69, 9.17) is 4.52 Å². The summed E-state index contributed by atoms with van der Waals surface area (Å²) in [4.78, 5) is 25.9. The van der Waals surface area contributed by atoms with Crippen molar-refractivity contribution in [1.82, 2.24) is 24.9 Å². The molecule has 2 aromatic rings. The van der Waals surface area contributed by atoms with Crippen LogP contribution in [0.5, 0.6) is 0 Å². The molecular formula is C19H25N5O2. The topological polar surface area (TPSA) is 75.4 Å². The first kappa shape index (κ1) is 17.1. The molecule has 2 aromatic heterocycles. The van der Waals surface area contributed by atoms with Crippen LogP contribution in [-0.2, 0) is 11.2 Å². The average Bonchev–Trinajstić information content (AvgIpc) is 3.18. The summed E-state index contributed by atoms with van der Waals surface area (Å²) >= 11 is 0. The number of pyridine rings is 1. The zero-order valence-corrected chi connectivity index (χ0v) is 15.2. The Labute approximate surface area is 153 Å². The number of nitrogens with zero attached hydrogens (tertiary/aromatic N) is 5. The number of carbonyl (C=O) groups excluding carboxylic acids is 1. The van der Waals surface area contributed by atoms with Crippen LogP contribution >= 0.6 is 0 Å². The highest BCUT2D eigenvalue weighted by Gasteiger charge is 2.32. The van der Waals surface area contributed by atoms with Crippen molar-refractivity contribution >= 4 is 5.91 Å². The first-order valence-corrected chi connectivity index (χ1v) is 9.44. The second-order valence-corrected chi connectivity index (χ2v) is 7.26. The Morgan fingerprint density at radius 3 is 2.88 bits per heavy atom. The van der Waals surface area contributed by atoms with Gasteiger partial charge in [-0.3, -0.25) is 14.7 Å². The van der Waals surface area contributed by atoms with Gasteiger partial charge in [0.15, 0.2) is 5.82 Å². The SMILES string of the molecule is CN(CCc1noc(C2CC2)n1)C(=O)[C@@H](c1cccnc1)N1CCCC1. The predicted octanol–water partition coefficient (Wildman–Crippen LogP) is 2.18. The summed E-state index contributed by atoms with van der Waals surface area (Å²) in [7, 11) is 1.85. The molecule has 1 aliphatic carbocycles. The van der Waals surface area contributed by atoms with Crippen molar-refractivity contribution in [2.45, 2.75) is 44.1 Å². The van der Waals surface area contributed by atoms with Gasteiger partial charge in [-0.2, -0.15) is 4.98 Å². The lowest BCUT2D eigenvalue weighted by atomic mass is 10.1. The van der Waals surface area contributed by atoms with Gasteiger partial charge < -0.3 is 9.42 Å². The van der Waals surface area contributed by atoms with E-state index in [0.717, 1.165) is 50.2 Å². The minimum Gasteiger partial charge on any atom is -0.344 e. The normalized spacial score (nSPS) is 18.8. The van der Waals surface area contributed by atoms with Crippen LogP contribution in [0.1, 0.15) is 54.9 Å². The number of aromatic nitrogens is 3. The summed E-state index contributed by atoms with van der Waals surface area (Å²) < 4.78 is 5.30. The molecule has 2 fully saturated rings. The summed E-state index contributed by atoms with van der Waals surface area (Å²) in [5.74, 6) is 2.00. The molecule has 0 N–H and O–H groups in total. The van der Waals surface area contributed by atoms with Crippen LogP contribution in [0, 0.1) is 0 Å². The van der Waals surface area contributed by atoms with Crippen LogP contribution in [0.4, 0.5) is 0 Å². The molecule has 7 nitrogen and oxygen atoms in total. The molecule has 4 rings (SSSR count). The van der Waals surface area contributed by atoms with E-state index in [1.807, 2.05) is 19.2 Å². The van der Waals surface area contributed by atoms with E-state index < -0.39 is 0 Å². The molecule has 0 spiro atoms. The van der Waals surface area contributed by atoms with Crippen LogP contribution in [0.15, 0.2) is 29.0 Å². The van der Waals surface area contributed by atoms with E-state index in [2.05, 4.69) is 20.0 Å². The van der Waals surface area contributed by atoms with Crippen LogP contribution < -0.4 is 0 Å². The van der Waals surface area contributed by atoms with Crippen molar-refractivity contribution in [3.8, 4) is 0 Å². The zero-order valence-electron chi connectivity index (χ0n) is 15.2. The Morgan fingerprint density at radius 2 is 2.19 bits per heavy atom. The summed E-state index contributed by atoms with van der Waals surface area (Å²) in [6, 6.07) is 3.62. The lowest BCUT2D eigenvalue weighted by Gasteiger charge is -2.30. The Bertz CT molecular complexity index is 737. The summed E-state index contributed by atoms with van der Waals surface area (Å²) in [5, 5.41) is 4.04.